The zero-order valence-corrected chi connectivity index (χ0v) is 14.6. The number of hydrogen-bond donors (Lipinski definition) is 1. The number of likely N-dealkylation sites (tertiary alicyclic amines) is 1. The summed E-state index contributed by atoms with van der Waals surface area (Å²) in [6.45, 7) is 7.98. The topological polar surface area (TPSA) is 53.7 Å². The maximum atomic E-state index is 5.35. The minimum Gasteiger partial charge on any atom is -0.359 e. The molecule has 0 aromatic carbocycles. The second-order valence-electron chi connectivity index (χ2n) is 7.04. The average molecular weight is 318 g/mol. The van der Waals surface area contributed by atoms with E-state index in [1.54, 1.807) is 0 Å². The van der Waals surface area contributed by atoms with Gasteiger partial charge < -0.3 is 14.7 Å². The molecule has 0 bridgehead atoms. The molecule has 5 heteroatoms. The molecule has 3 rings (SSSR count). The van der Waals surface area contributed by atoms with E-state index in [0.717, 1.165) is 43.5 Å². The molecule has 1 aromatic heterocycles. The van der Waals surface area contributed by atoms with Crippen LogP contribution in [0.4, 0.5) is 0 Å². The molecule has 2 fully saturated rings. The number of guanidine groups is 1. The Bertz CT molecular complexity index is 531. The van der Waals surface area contributed by atoms with Gasteiger partial charge in [0.1, 0.15) is 6.54 Å². The van der Waals surface area contributed by atoms with Crippen molar-refractivity contribution in [2.75, 3.05) is 19.6 Å². The fraction of sp³-hybridized carbons (Fsp3) is 0.778. The van der Waals surface area contributed by atoms with Crippen LogP contribution < -0.4 is 5.32 Å². The lowest BCUT2D eigenvalue weighted by molar-refractivity contribution is 0.203. The number of nitrogens with one attached hydrogen (secondary N) is 1. The summed E-state index contributed by atoms with van der Waals surface area (Å²) in [5, 5.41) is 7.50. The third-order valence-corrected chi connectivity index (χ3v) is 5.34. The summed E-state index contributed by atoms with van der Waals surface area (Å²) in [4.78, 5) is 7.24. The van der Waals surface area contributed by atoms with Crippen molar-refractivity contribution in [3.05, 3.63) is 17.5 Å². The molecule has 0 unspecified atom stereocenters. The van der Waals surface area contributed by atoms with Crippen LogP contribution in [-0.4, -0.2) is 35.7 Å². The van der Waals surface area contributed by atoms with E-state index < -0.39 is 0 Å². The quantitative estimate of drug-likeness (QED) is 0.683. The molecule has 5 nitrogen and oxygen atoms in total. The Morgan fingerprint density at radius 3 is 2.83 bits per heavy atom. The number of aryl methyl sites for hydroxylation is 1. The Morgan fingerprint density at radius 1 is 1.30 bits per heavy atom. The summed E-state index contributed by atoms with van der Waals surface area (Å²) in [5.41, 5.74) is 1.55. The maximum Gasteiger partial charge on any atom is 0.194 e. The molecule has 23 heavy (non-hydrogen) atoms. The van der Waals surface area contributed by atoms with Gasteiger partial charge in [-0.25, -0.2) is 4.99 Å². The fourth-order valence-corrected chi connectivity index (χ4v) is 4.00. The fourth-order valence-electron chi connectivity index (χ4n) is 4.00. The van der Waals surface area contributed by atoms with E-state index in [9.17, 15) is 0 Å². The normalized spacial score (nSPS) is 21.1. The van der Waals surface area contributed by atoms with Gasteiger partial charge in [-0.1, -0.05) is 31.3 Å². The van der Waals surface area contributed by atoms with Gasteiger partial charge in [-0.05, 0) is 38.0 Å². The third-order valence-electron chi connectivity index (χ3n) is 5.34. The van der Waals surface area contributed by atoms with Crippen molar-refractivity contribution in [3.8, 4) is 0 Å². The predicted molar refractivity (Wildman–Crippen MR) is 92.4 cm³/mol. The molecule has 1 aliphatic heterocycles. The second-order valence-corrected chi connectivity index (χ2v) is 7.04. The largest absolute Gasteiger partial charge is 0.359 e. The second kappa shape index (κ2) is 7.37. The zero-order valence-electron chi connectivity index (χ0n) is 14.6. The molecule has 1 aromatic rings. The maximum absolute atomic E-state index is 5.35. The van der Waals surface area contributed by atoms with E-state index in [1.165, 1.54) is 38.5 Å². The smallest absolute Gasteiger partial charge is 0.194 e. The van der Waals surface area contributed by atoms with E-state index in [1.807, 2.05) is 6.07 Å². The Kier molecular flexibility index (Phi) is 5.23. The molecule has 1 saturated heterocycles. The van der Waals surface area contributed by atoms with Gasteiger partial charge in [0.2, 0.25) is 0 Å². The van der Waals surface area contributed by atoms with Crippen molar-refractivity contribution in [1.29, 1.82) is 0 Å². The summed E-state index contributed by atoms with van der Waals surface area (Å²) < 4.78 is 5.35. The first-order chi connectivity index (χ1) is 11.2. The Balaban J connectivity index is 1.65. The number of aliphatic imine (C=N–C) groups is 1. The highest BCUT2D eigenvalue weighted by molar-refractivity contribution is 5.80. The summed E-state index contributed by atoms with van der Waals surface area (Å²) in [7, 11) is 0. The highest BCUT2D eigenvalue weighted by atomic mass is 16.5. The molecule has 1 N–H and O–H groups in total. The summed E-state index contributed by atoms with van der Waals surface area (Å²) >= 11 is 0. The Labute approximate surface area is 139 Å². The van der Waals surface area contributed by atoms with Crippen LogP contribution in [0.15, 0.2) is 15.6 Å². The van der Waals surface area contributed by atoms with Crippen LogP contribution in [-0.2, 0) is 13.0 Å². The highest BCUT2D eigenvalue weighted by Crippen LogP contribution is 2.43. The first kappa shape index (κ1) is 16.3. The monoisotopic (exact) mass is 318 g/mol. The van der Waals surface area contributed by atoms with Gasteiger partial charge >= 0.3 is 0 Å². The van der Waals surface area contributed by atoms with E-state index in [0.29, 0.717) is 12.0 Å². The molecule has 0 radical (unpaired) electrons. The van der Waals surface area contributed by atoms with Crippen LogP contribution in [0.2, 0.25) is 0 Å². The standard InChI is InChI=1S/C18H30N4O/c1-3-15-12-16(23-21-15)13-20-17(19-4-2)22-11-10-18(14-22)8-6-5-7-9-18/h12H,3-11,13-14H2,1-2H3,(H,19,20). The molecule has 128 valence electrons. The van der Waals surface area contributed by atoms with E-state index in [-0.39, 0.29) is 0 Å². The number of nitrogens with zero attached hydrogens (tertiary/aromatic N) is 3. The minimum absolute atomic E-state index is 0.552. The molecular weight excluding hydrogens is 288 g/mol. The van der Waals surface area contributed by atoms with Crippen LogP contribution in [0.3, 0.4) is 0 Å². The highest BCUT2D eigenvalue weighted by Gasteiger charge is 2.39. The molecule has 1 saturated carbocycles. The lowest BCUT2D eigenvalue weighted by Gasteiger charge is -2.33. The number of aromatic nitrogens is 1. The van der Waals surface area contributed by atoms with Crippen molar-refractivity contribution in [2.24, 2.45) is 10.4 Å². The molecule has 2 heterocycles. The SMILES string of the molecule is CCNC(=NCc1cc(CC)no1)N1CCC2(CCCCC2)C1. The molecule has 0 amide bonds. The van der Waals surface area contributed by atoms with Crippen LogP contribution in [0.5, 0.6) is 0 Å². The predicted octanol–water partition coefficient (Wildman–Crippen LogP) is 3.36. The number of rotatable bonds is 4. The van der Waals surface area contributed by atoms with Gasteiger partial charge in [-0.2, -0.15) is 0 Å². The lowest BCUT2D eigenvalue weighted by atomic mass is 9.73. The van der Waals surface area contributed by atoms with Gasteiger partial charge in [-0.15, -0.1) is 0 Å². The third kappa shape index (κ3) is 3.88. The minimum atomic E-state index is 0.552. The van der Waals surface area contributed by atoms with Crippen LogP contribution in [0.25, 0.3) is 0 Å². The van der Waals surface area contributed by atoms with Crippen molar-refractivity contribution in [2.45, 2.75) is 65.3 Å². The van der Waals surface area contributed by atoms with Gasteiger partial charge in [-0.3, -0.25) is 0 Å². The van der Waals surface area contributed by atoms with E-state index in [2.05, 4.69) is 29.2 Å². The zero-order chi connectivity index (χ0) is 16.1. The van der Waals surface area contributed by atoms with Gasteiger partial charge in [0.05, 0.1) is 5.69 Å². The van der Waals surface area contributed by atoms with Crippen LogP contribution >= 0.6 is 0 Å². The number of hydrogen-bond acceptors (Lipinski definition) is 3. The van der Waals surface area contributed by atoms with Crippen molar-refractivity contribution < 1.29 is 4.52 Å². The summed E-state index contributed by atoms with van der Waals surface area (Å²) in [6.07, 6.45) is 9.23. The van der Waals surface area contributed by atoms with Gasteiger partial charge in [0.15, 0.2) is 11.7 Å². The first-order valence-corrected chi connectivity index (χ1v) is 9.22. The van der Waals surface area contributed by atoms with Crippen molar-refractivity contribution in [1.82, 2.24) is 15.4 Å². The molecular formula is C18H30N4O. The molecule has 2 aliphatic rings. The summed E-state index contributed by atoms with van der Waals surface area (Å²) in [6, 6.07) is 2.01. The van der Waals surface area contributed by atoms with E-state index in [4.69, 9.17) is 9.52 Å². The van der Waals surface area contributed by atoms with Crippen molar-refractivity contribution in [3.63, 3.8) is 0 Å². The van der Waals surface area contributed by atoms with Gasteiger partial charge in [0.25, 0.3) is 0 Å². The van der Waals surface area contributed by atoms with Gasteiger partial charge in [0, 0.05) is 25.7 Å². The van der Waals surface area contributed by atoms with Crippen LogP contribution in [0.1, 0.15) is 63.8 Å². The van der Waals surface area contributed by atoms with Crippen molar-refractivity contribution >= 4 is 5.96 Å². The molecule has 1 spiro atoms. The molecule has 1 aliphatic carbocycles. The Morgan fingerprint density at radius 2 is 2.13 bits per heavy atom. The Hall–Kier alpha value is -1.52. The van der Waals surface area contributed by atoms with E-state index >= 15 is 0 Å². The summed E-state index contributed by atoms with van der Waals surface area (Å²) in [5.74, 6) is 1.88. The van der Waals surface area contributed by atoms with Crippen LogP contribution in [0, 0.1) is 5.41 Å². The average Bonchev–Trinajstić information content (AvgIpc) is 3.20. The lowest BCUT2D eigenvalue weighted by Crippen LogP contribution is -2.41. The molecule has 0 atom stereocenters. The first-order valence-electron chi connectivity index (χ1n) is 9.22.